The molecule has 1 amide bonds. The lowest BCUT2D eigenvalue weighted by Gasteiger charge is -2.33. The van der Waals surface area contributed by atoms with Crippen molar-refractivity contribution in [2.24, 2.45) is 5.92 Å². The van der Waals surface area contributed by atoms with Crippen LogP contribution in [0.3, 0.4) is 0 Å². The van der Waals surface area contributed by atoms with E-state index in [9.17, 15) is 4.79 Å². The number of hydrogen-bond acceptors (Lipinski definition) is 3. The molecule has 0 saturated carbocycles. The number of nitrogens with zero attached hydrogens (tertiary/aromatic N) is 4. The standard InChI is InChI=1S/C21H30N4O/c1-15(2)12-23-8-9-24(21(26)14-23)20-11-18(5)25(22-20)13-19-10-16(3)6-7-17(19)4/h6-7,10-11,15H,8-9,12-14H2,1-5H3. The summed E-state index contributed by atoms with van der Waals surface area (Å²) in [5.74, 6) is 1.50. The fourth-order valence-corrected chi connectivity index (χ4v) is 3.55. The van der Waals surface area contributed by atoms with Crippen LogP contribution in [0.4, 0.5) is 5.82 Å². The molecule has 0 N–H and O–H groups in total. The average Bonchev–Trinajstić information content (AvgIpc) is 2.91. The van der Waals surface area contributed by atoms with Crippen LogP contribution in [0.1, 0.15) is 36.2 Å². The number of aromatic nitrogens is 2. The van der Waals surface area contributed by atoms with E-state index in [1.165, 1.54) is 16.7 Å². The molecule has 1 aliphatic heterocycles. The number of piperazine rings is 1. The van der Waals surface area contributed by atoms with Gasteiger partial charge in [0.2, 0.25) is 5.91 Å². The summed E-state index contributed by atoms with van der Waals surface area (Å²) in [6.45, 7) is 14.5. The normalized spacial score (nSPS) is 15.9. The van der Waals surface area contributed by atoms with Crippen LogP contribution in [-0.2, 0) is 11.3 Å². The van der Waals surface area contributed by atoms with Gasteiger partial charge in [-0.15, -0.1) is 0 Å². The van der Waals surface area contributed by atoms with Crippen molar-refractivity contribution in [1.29, 1.82) is 0 Å². The van der Waals surface area contributed by atoms with Crippen LogP contribution in [0, 0.1) is 26.7 Å². The van der Waals surface area contributed by atoms with Gasteiger partial charge in [0.15, 0.2) is 5.82 Å². The largest absolute Gasteiger partial charge is 0.293 e. The Morgan fingerprint density at radius 1 is 1.12 bits per heavy atom. The Bertz CT molecular complexity index is 793. The lowest BCUT2D eigenvalue weighted by molar-refractivity contribution is -0.121. The number of benzene rings is 1. The van der Waals surface area contributed by atoms with Crippen LogP contribution < -0.4 is 4.90 Å². The highest BCUT2D eigenvalue weighted by Crippen LogP contribution is 2.20. The predicted octanol–water partition coefficient (Wildman–Crippen LogP) is 3.16. The first-order valence-corrected chi connectivity index (χ1v) is 9.47. The summed E-state index contributed by atoms with van der Waals surface area (Å²) in [6, 6.07) is 8.53. The van der Waals surface area contributed by atoms with E-state index >= 15 is 0 Å². The van der Waals surface area contributed by atoms with Crippen LogP contribution >= 0.6 is 0 Å². The molecule has 1 saturated heterocycles. The Hall–Kier alpha value is -2.14. The first-order valence-electron chi connectivity index (χ1n) is 9.47. The highest BCUT2D eigenvalue weighted by atomic mass is 16.2. The minimum Gasteiger partial charge on any atom is -0.293 e. The summed E-state index contributed by atoms with van der Waals surface area (Å²) >= 11 is 0. The molecule has 0 aliphatic carbocycles. The van der Waals surface area contributed by atoms with Crippen molar-refractivity contribution < 1.29 is 4.79 Å². The summed E-state index contributed by atoms with van der Waals surface area (Å²) in [7, 11) is 0. The van der Waals surface area contributed by atoms with Gasteiger partial charge in [-0.1, -0.05) is 37.6 Å². The van der Waals surface area contributed by atoms with Gasteiger partial charge in [0.25, 0.3) is 0 Å². The summed E-state index contributed by atoms with van der Waals surface area (Å²) < 4.78 is 2.00. The quantitative estimate of drug-likeness (QED) is 0.828. The number of amides is 1. The van der Waals surface area contributed by atoms with Gasteiger partial charge in [-0.3, -0.25) is 19.3 Å². The van der Waals surface area contributed by atoms with E-state index in [1.807, 2.05) is 15.6 Å². The zero-order valence-corrected chi connectivity index (χ0v) is 16.6. The van der Waals surface area contributed by atoms with Crippen molar-refractivity contribution >= 4 is 11.7 Å². The molecular formula is C21H30N4O. The van der Waals surface area contributed by atoms with Crippen molar-refractivity contribution in [3.05, 3.63) is 46.6 Å². The van der Waals surface area contributed by atoms with Gasteiger partial charge in [0.05, 0.1) is 13.1 Å². The second-order valence-corrected chi connectivity index (χ2v) is 7.91. The third kappa shape index (κ3) is 4.15. The number of carbonyl (C=O) groups is 1. The Kier molecular flexibility index (Phi) is 5.47. The van der Waals surface area contributed by atoms with Crippen molar-refractivity contribution in [3.63, 3.8) is 0 Å². The molecule has 0 bridgehead atoms. The summed E-state index contributed by atoms with van der Waals surface area (Å²) in [5.41, 5.74) is 4.88. The van der Waals surface area contributed by atoms with Crippen molar-refractivity contribution in [2.75, 3.05) is 31.1 Å². The Labute approximate surface area is 156 Å². The molecule has 5 heteroatoms. The molecule has 1 aromatic carbocycles. The van der Waals surface area contributed by atoms with Crippen LogP contribution in [-0.4, -0.2) is 46.8 Å². The lowest BCUT2D eigenvalue weighted by atomic mass is 10.1. The van der Waals surface area contributed by atoms with Crippen LogP contribution in [0.2, 0.25) is 0 Å². The first kappa shape index (κ1) is 18.6. The van der Waals surface area contributed by atoms with Crippen molar-refractivity contribution in [1.82, 2.24) is 14.7 Å². The molecule has 2 aromatic rings. The van der Waals surface area contributed by atoms with E-state index in [-0.39, 0.29) is 5.91 Å². The molecule has 0 unspecified atom stereocenters. The van der Waals surface area contributed by atoms with Gasteiger partial charge in [-0.2, -0.15) is 5.10 Å². The van der Waals surface area contributed by atoms with Gasteiger partial charge in [-0.25, -0.2) is 0 Å². The third-order valence-electron chi connectivity index (χ3n) is 4.99. The minimum absolute atomic E-state index is 0.147. The minimum atomic E-state index is 0.147. The molecule has 0 spiro atoms. The Morgan fingerprint density at radius 3 is 2.58 bits per heavy atom. The van der Waals surface area contributed by atoms with Gasteiger partial charge in [0.1, 0.15) is 0 Å². The lowest BCUT2D eigenvalue weighted by Crippen LogP contribution is -2.51. The molecule has 5 nitrogen and oxygen atoms in total. The van der Waals surface area contributed by atoms with Crippen LogP contribution in [0.25, 0.3) is 0 Å². The van der Waals surface area contributed by atoms with Crippen molar-refractivity contribution in [3.8, 4) is 0 Å². The van der Waals surface area contributed by atoms with E-state index in [2.05, 4.69) is 57.7 Å². The smallest absolute Gasteiger partial charge is 0.242 e. The van der Waals surface area contributed by atoms with E-state index in [1.54, 1.807) is 0 Å². The summed E-state index contributed by atoms with van der Waals surface area (Å²) in [6.07, 6.45) is 0. The summed E-state index contributed by atoms with van der Waals surface area (Å²) in [4.78, 5) is 16.7. The van der Waals surface area contributed by atoms with Gasteiger partial charge < -0.3 is 0 Å². The Balaban J connectivity index is 1.74. The fraction of sp³-hybridized carbons (Fsp3) is 0.524. The second kappa shape index (κ2) is 7.62. The number of carbonyl (C=O) groups excluding carboxylic acids is 1. The maximum atomic E-state index is 12.6. The highest BCUT2D eigenvalue weighted by Gasteiger charge is 2.27. The first-order chi connectivity index (χ1) is 12.3. The van der Waals surface area contributed by atoms with Gasteiger partial charge >= 0.3 is 0 Å². The molecule has 3 rings (SSSR count). The topological polar surface area (TPSA) is 41.4 Å². The molecule has 1 aliphatic rings. The zero-order valence-electron chi connectivity index (χ0n) is 16.6. The molecule has 1 fully saturated rings. The number of rotatable bonds is 5. The molecule has 140 valence electrons. The number of aryl methyl sites for hydroxylation is 3. The van der Waals surface area contributed by atoms with E-state index in [0.717, 1.165) is 31.1 Å². The van der Waals surface area contributed by atoms with Gasteiger partial charge in [0, 0.05) is 31.4 Å². The zero-order chi connectivity index (χ0) is 18.8. The third-order valence-corrected chi connectivity index (χ3v) is 4.99. The SMILES string of the molecule is Cc1ccc(C)c(Cn2nc(N3CCN(CC(C)C)CC3=O)cc2C)c1. The second-order valence-electron chi connectivity index (χ2n) is 7.91. The molecule has 0 radical (unpaired) electrons. The molecule has 1 aromatic heterocycles. The monoisotopic (exact) mass is 354 g/mol. The predicted molar refractivity (Wildman–Crippen MR) is 106 cm³/mol. The maximum Gasteiger partial charge on any atom is 0.242 e. The van der Waals surface area contributed by atoms with E-state index in [4.69, 9.17) is 5.10 Å². The van der Waals surface area contributed by atoms with Crippen LogP contribution in [0.15, 0.2) is 24.3 Å². The molecule has 0 atom stereocenters. The van der Waals surface area contributed by atoms with E-state index < -0.39 is 0 Å². The maximum absolute atomic E-state index is 12.6. The molecule has 26 heavy (non-hydrogen) atoms. The van der Waals surface area contributed by atoms with Gasteiger partial charge in [-0.05, 0) is 37.8 Å². The fourth-order valence-electron chi connectivity index (χ4n) is 3.55. The number of anilines is 1. The molecular weight excluding hydrogens is 324 g/mol. The van der Waals surface area contributed by atoms with Crippen molar-refractivity contribution in [2.45, 2.75) is 41.2 Å². The average molecular weight is 354 g/mol. The van der Waals surface area contributed by atoms with E-state index in [0.29, 0.717) is 19.0 Å². The number of hydrogen-bond donors (Lipinski definition) is 0. The summed E-state index contributed by atoms with van der Waals surface area (Å²) in [5, 5.41) is 4.74. The molecule has 2 heterocycles. The highest BCUT2D eigenvalue weighted by molar-refractivity contribution is 5.94. The van der Waals surface area contributed by atoms with Crippen LogP contribution in [0.5, 0.6) is 0 Å². The Morgan fingerprint density at radius 2 is 1.88 bits per heavy atom.